The number of carbonyl (C=O) groups is 1. The number of pyridine rings is 1. The molecule has 1 aromatic rings. The van der Waals surface area contributed by atoms with Crippen molar-refractivity contribution < 1.29 is 14.6 Å². The van der Waals surface area contributed by atoms with Crippen LogP contribution in [0.4, 0.5) is 10.5 Å². The van der Waals surface area contributed by atoms with E-state index in [0.717, 1.165) is 25.7 Å². The average molecular weight is 307 g/mol. The number of methoxy groups -OCH3 is 1. The van der Waals surface area contributed by atoms with Crippen LogP contribution < -0.4 is 15.4 Å². The Kier molecular flexibility index (Phi) is 5.60. The van der Waals surface area contributed by atoms with Gasteiger partial charge in [0.1, 0.15) is 5.69 Å². The molecule has 1 unspecified atom stereocenters. The van der Waals surface area contributed by atoms with Crippen LogP contribution in [0.15, 0.2) is 18.3 Å². The number of carbonyl (C=O) groups excluding carboxylic acids is 1. The van der Waals surface area contributed by atoms with Crippen LogP contribution in [0.1, 0.15) is 39.0 Å². The van der Waals surface area contributed by atoms with Crippen molar-refractivity contribution in [2.75, 3.05) is 19.0 Å². The van der Waals surface area contributed by atoms with Crippen molar-refractivity contribution in [3.05, 3.63) is 18.3 Å². The number of nitrogens with zero attached hydrogens (tertiary/aromatic N) is 1. The Morgan fingerprint density at radius 1 is 1.45 bits per heavy atom. The van der Waals surface area contributed by atoms with E-state index in [0.29, 0.717) is 17.5 Å². The van der Waals surface area contributed by atoms with Gasteiger partial charge in [-0.15, -0.1) is 0 Å². The van der Waals surface area contributed by atoms with E-state index in [1.165, 1.54) is 13.5 Å². The number of amides is 2. The van der Waals surface area contributed by atoms with Gasteiger partial charge in [0.05, 0.1) is 19.3 Å². The molecule has 0 aromatic carbocycles. The molecule has 2 amide bonds. The maximum absolute atomic E-state index is 12.3. The van der Waals surface area contributed by atoms with Crippen molar-refractivity contribution >= 4 is 11.7 Å². The number of urea groups is 1. The van der Waals surface area contributed by atoms with Gasteiger partial charge in [-0.2, -0.15) is 0 Å². The molecule has 0 bridgehead atoms. The fourth-order valence-corrected chi connectivity index (χ4v) is 3.07. The molecule has 1 atom stereocenters. The zero-order valence-corrected chi connectivity index (χ0v) is 13.3. The SMILES string of the molecule is COc1ncccc1NC(=O)NC(C)(CO)C1CCCCC1. The zero-order chi connectivity index (χ0) is 16.0. The average Bonchev–Trinajstić information content (AvgIpc) is 2.56. The number of hydrogen-bond acceptors (Lipinski definition) is 4. The number of anilines is 1. The topological polar surface area (TPSA) is 83.5 Å². The van der Waals surface area contributed by atoms with Crippen LogP contribution in [0, 0.1) is 5.92 Å². The lowest BCUT2D eigenvalue weighted by atomic mass is 9.76. The highest BCUT2D eigenvalue weighted by Crippen LogP contribution is 2.32. The molecule has 1 aromatic heterocycles. The second-order valence-electron chi connectivity index (χ2n) is 6.05. The lowest BCUT2D eigenvalue weighted by Crippen LogP contribution is -2.55. The lowest BCUT2D eigenvalue weighted by molar-refractivity contribution is 0.103. The molecule has 1 heterocycles. The quantitative estimate of drug-likeness (QED) is 0.780. The van der Waals surface area contributed by atoms with E-state index in [1.54, 1.807) is 18.3 Å². The van der Waals surface area contributed by atoms with Gasteiger partial charge in [0.15, 0.2) is 0 Å². The van der Waals surface area contributed by atoms with Crippen molar-refractivity contribution in [1.82, 2.24) is 10.3 Å². The molecule has 6 nitrogen and oxygen atoms in total. The summed E-state index contributed by atoms with van der Waals surface area (Å²) in [6, 6.07) is 3.10. The van der Waals surface area contributed by atoms with E-state index >= 15 is 0 Å². The highest BCUT2D eigenvalue weighted by Gasteiger charge is 2.35. The van der Waals surface area contributed by atoms with E-state index in [-0.39, 0.29) is 12.6 Å². The molecule has 1 aliphatic carbocycles. The van der Waals surface area contributed by atoms with E-state index in [9.17, 15) is 9.90 Å². The monoisotopic (exact) mass is 307 g/mol. The van der Waals surface area contributed by atoms with Crippen molar-refractivity contribution in [3.63, 3.8) is 0 Å². The first-order chi connectivity index (χ1) is 10.6. The minimum Gasteiger partial charge on any atom is -0.480 e. The van der Waals surface area contributed by atoms with Crippen molar-refractivity contribution in [1.29, 1.82) is 0 Å². The number of aliphatic hydroxyl groups excluding tert-OH is 1. The van der Waals surface area contributed by atoms with Crippen LogP contribution in [0.3, 0.4) is 0 Å². The van der Waals surface area contributed by atoms with Gasteiger partial charge in [-0.1, -0.05) is 19.3 Å². The molecule has 0 saturated heterocycles. The van der Waals surface area contributed by atoms with Crippen molar-refractivity contribution in [2.45, 2.75) is 44.6 Å². The Morgan fingerprint density at radius 2 is 2.18 bits per heavy atom. The minimum atomic E-state index is -0.611. The fourth-order valence-electron chi connectivity index (χ4n) is 3.07. The molecule has 6 heteroatoms. The third-order valence-electron chi connectivity index (χ3n) is 4.45. The van der Waals surface area contributed by atoms with E-state index in [2.05, 4.69) is 15.6 Å². The molecule has 0 spiro atoms. The summed E-state index contributed by atoms with van der Waals surface area (Å²) in [6.45, 7) is 1.83. The molecule has 0 radical (unpaired) electrons. The molecule has 3 N–H and O–H groups in total. The maximum Gasteiger partial charge on any atom is 0.319 e. The van der Waals surface area contributed by atoms with Crippen LogP contribution >= 0.6 is 0 Å². The van der Waals surface area contributed by atoms with Crippen LogP contribution in [-0.2, 0) is 0 Å². The Hall–Kier alpha value is -1.82. The minimum absolute atomic E-state index is 0.0741. The Morgan fingerprint density at radius 3 is 2.82 bits per heavy atom. The second kappa shape index (κ2) is 7.45. The Balaban J connectivity index is 2.02. The summed E-state index contributed by atoms with van der Waals surface area (Å²) in [4.78, 5) is 16.3. The van der Waals surface area contributed by atoms with Crippen LogP contribution in [0.2, 0.25) is 0 Å². The first-order valence-electron chi connectivity index (χ1n) is 7.78. The van der Waals surface area contributed by atoms with Gasteiger partial charge in [0, 0.05) is 6.20 Å². The van der Waals surface area contributed by atoms with Crippen molar-refractivity contribution in [2.24, 2.45) is 5.92 Å². The number of ether oxygens (including phenoxy) is 1. The van der Waals surface area contributed by atoms with Gasteiger partial charge < -0.3 is 20.5 Å². The molecule has 22 heavy (non-hydrogen) atoms. The number of nitrogens with one attached hydrogen (secondary N) is 2. The van der Waals surface area contributed by atoms with Gasteiger partial charge in [-0.05, 0) is 37.8 Å². The third kappa shape index (κ3) is 3.88. The zero-order valence-electron chi connectivity index (χ0n) is 13.3. The van der Waals surface area contributed by atoms with Gasteiger partial charge >= 0.3 is 6.03 Å². The van der Waals surface area contributed by atoms with Gasteiger partial charge in [-0.25, -0.2) is 9.78 Å². The lowest BCUT2D eigenvalue weighted by Gasteiger charge is -2.39. The van der Waals surface area contributed by atoms with Crippen molar-refractivity contribution in [3.8, 4) is 5.88 Å². The Bertz CT molecular complexity index is 503. The summed E-state index contributed by atoms with van der Waals surface area (Å²) in [5.74, 6) is 0.661. The van der Waals surface area contributed by atoms with E-state index < -0.39 is 5.54 Å². The molecule has 1 saturated carbocycles. The van der Waals surface area contributed by atoms with Gasteiger partial charge in [0.25, 0.3) is 0 Å². The molecular weight excluding hydrogens is 282 g/mol. The predicted octanol–water partition coefficient (Wildman–Crippen LogP) is 2.54. The van der Waals surface area contributed by atoms with Crippen LogP contribution in [-0.4, -0.2) is 35.4 Å². The maximum atomic E-state index is 12.3. The molecule has 2 rings (SSSR count). The number of hydrogen-bond donors (Lipinski definition) is 3. The number of rotatable bonds is 5. The smallest absolute Gasteiger partial charge is 0.319 e. The highest BCUT2D eigenvalue weighted by molar-refractivity contribution is 5.91. The largest absolute Gasteiger partial charge is 0.480 e. The molecule has 0 aliphatic heterocycles. The highest BCUT2D eigenvalue weighted by atomic mass is 16.5. The number of aromatic nitrogens is 1. The van der Waals surface area contributed by atoms with E-state index in [4.69, 9.17) is 4.74 Å². The number of aliphatic hydroxyl groups is 1. The summed E-state index contributed by atoms with van der Waals surface area (Å²) < 4.78 is 5.12. The summed E-state index contributed by atoms with van der Waals surface area (Å²) in [7, 11) is 1.51. The van der Waals surface area contributed by atoms with Crippen LogP contribution in [0.5, 0.6) is 5.88 Å². The summed E-state index contributed by atoms with van der Waals surface area (Å²) >= 11 is 0. The Labute approximate surface area is 131 Å². The molecular formula is C16H25N3O3. The second-order valence-corrected chi connectivity index (χ2v) is 6.05. The van der Waals surface area contributed by atoms with Gasteiger partial charge in [-0.3, -0.25) is 0 Å². The van der Waals surface area contributed by atoms with E-state index in [1.807, 2.05) is 6.92 Å². The molecule has 1 fully saturated rings. The first-order valence-corrected chi connectivity index (χ1v) is 7.78. The summed E-state index contributed by atoms with van der Waals surface area (Å²) in [5, 5.41) is 15.4. The summed E-state index contributed by atoms with van der Waals surface area (Å²) in [5.41, 5.74) is -0.105. The predicted molar refractivity (Wildman–Crippen MR) is 85.0 cm³/mol. The molecule has 1 aliphatic rings. The standard InChI is InChI=1S/C16H25N3O3/c1-16(11-20,12-7-4-3-5-8-12)19-15(21)18-13-9-6-10-17-14(13)22-2/h6,9-10,12,20H,3-5,7-8,11H2,1-2H3,(H2,18,19,21). The molecule has 122 valence electrons. The fraction of sp³-hybridized carbons (Fsp3) is 0.625. The normalized spacial score (nSPS) is 18.3. The summed E-state index contributed by atoms with van der Waals surface area (Å²) in [6.07, 6.45) is 7.21. The van der Waals surface area contributed by atoms with Crippen LogP contribution in [0.25, 0.3) is 0 Å². The first kappa shape index (κ1) is 16.5. The third-order valence-corrected chi connectivity index (χ3v) is 4.45. The van der Waals surface area contributed by atoms with Gasteiger partial charge in [0.2, 0.25) is 5.88 Å².